The van der Waals surface area contributed by atoms with Gasteiger partial charge in [-0.15, -0.1) is 0 Å². The zero-order chi connectivity index (χ0) is 12.1. The van der Waals surface area contributed by atoms with E-state index in [0.29, 0.717) is 12.5 Å². The Balaban J connectivity index is 3.00. The van der Waals surface area contributed by atoms with Gasteiger partial charge in [0.15, 0.2) is 10.7 Å². The summed E-state index contributed by atoms with van der Waals surface area (Å²) < 4.78 is 11.7. The van der Waals surface area contributed by atoms with Crippen LogP contribution in [-0.2, 0) is 11.8 Å². The van der Waals surface area contributed by atoms with E-state index in [9.17, 15) is 4.79 Å². The molecule has 1 rings (SSSR count). The van der Waals surface area contributed by atoms with Crippen LogP contribution in [0.25, 0.3) is 0 Å². The smallest absolute Gasteiger partial charge is 0.346 e. The summed E-state index contributed by atoms with van der Waals surface area (Å²) in [7, 11) is 1.67. The molecule has 0 aromatic carbocycles. The molecule has 0 atom stereocenters. The largest absolute Gasteiger partial charge is 0.477 e. The molecular formula is C10H15ClN2O3. The Morgan fingerprint density at radius 2 is 2.19 bits per heavy atom. The maximum Gasteiger partial charge on any atom is 0.346 e. The fourth-order valence-corrected chi connectivity index (χ4v) is 1.49. The average Bonchev–Trinajstić information content (AvgIpc) is 2.50. The first-order valence-electron chi connectivity index (χ1n) is 5.14. The first-order chi connectivity index (χ1) is 7.61. The molecule has 1 aromatic rings. The summed E-state index contributed by atoms with van der Waals surface area (Å²) in [5.41, 5.74) is 0.194. The molecule has 0 bridgehead atoms. The van der Waals surface area contributed by atoms with Crippen LogP contribution in [0.3, 0.4) is 0 Å². The van der Waals surface area contributed by atoms with Gasteiger partial charge in [-0.1, -0.05) is 18.5 Å². The van der Waals surface area contributed by atoms with E-state index in [0.717, 1.165) is 6.42 Å². The predicted octanol–water partition coefficient (Wildman–Crippen LogP) is 2.04. The van der Waals surface area contributed by atoms with Gasteiger partial charge in [-0.2, -0.15) is 5.10 Å². The Morgan fingerprint density at radius 1 is 1.50 bits per heavy atom. The van der Waals surface area contributed by atoms with Gasteiger partial charge in [0.2, 0.25) is 5.88 Å². The Bertz CT molecular complexity index is 376. The first kappa shape index (κ1) is 12.8. The molecule has 0 aliphatic heterocycles. The number of rotatable bonds is 5. The van der Waals surface area contributed by atoms with E-state index in [2.05, 4.69) is 5.10 Å². The number of carbonyl (C=O) groups excluding carboxylic acids is 1. The van der Waals surface area contributed by atoms with Crippen molar-refractivity contribution >= 4 is 17.6 Å². The van der Waals surface area contributed by atoms with Gasteiger partial charge >= 0.3 is 5.97 Å². The lowest BCUT2D eigenvalue weighted by Gasteiger charge is -2.06. The molecular weight excluding hydrogens is 232 g/mol. The van der Waals surface area contributed by atoms with Crippen LogP contribution in [0, 0.1) is 0 Å². The van der Waals surface area contributed by atoms with Gasteiger partial charge in [-0.3, -0.25) is 0 Å². The van der Waals surface area contributed by atoms with Crippen LogP contribution in [0.15, 0.2) is 0 Å². The summed E-state index contributed by atoms with van der Waals surface area (Å²) in [4.78, 5) is 11.6. The second-order valence-corrected chi connectivity index (χ2v) is 3.52. The van der Waals surface area contributed by atoms with Gasteiger partial charge in [0, 0.05) is 7.05 Å². The van der Waals surface area contributed by atoms with Gasteiger partial charge in [-0.25, -0.2) is 9.48 Å². The third-order valence-electron chi connectivity index (χ3n) is 1.87. The number of nitrogens with zero attached hydrogens (tertiary/aromatic N) is 2. The second-order valence-electron chi connectivity index (χ2n) is 3.16. The Labute approximate surface area is 99.3 Å². The Kier molecular flexibility index (Phi) is 4.61. The summed E-state index contributed by atoms with van der Waals surface area (Å²) in [6, 6.07) is 0. The summed E-state index contributed by atoms with van der Waals surface area (Å²) in [5, 5.41) is 4.03. The topological polar surface area (TPSA) is 53.4 Å². The summed E-state index contributed by atoms with van der Waals surface area (Å²) >= 11 is 5.85. The van der Waals surface area contributed by atoms with Crippen molar-refractivity contribution in [2.24, 2.45) is 7.05 Å². The average molecular weight is 247 g/mol. The van der Waals surface area contributed by atoms with Crippen LogP contribution in [0.5, 0.6) is 5.88 Å². The number of ether oxygens (including phenoxy) is 2. The number of halogens is 1. The van der Waals surface area contributed by atoms with Crippen LogP contribution in [0.1, 0.15) is 30.6 Å². The first-order valence-corrected chi connectivity index (χ1v) is 5.52. The molecule has 0 aliphatic rings. The molecule has 6 heteroatoms. The predicted molar refractivity (Wildman–Crippen MR) is 60.0 cm³/mol. The van der Waals surface area contributed by atoms with E-state index in [4.69, 9.17) is 21.1 Å². The second kappa shape index (κ2) is 5.75. The zero-order valence-corrected chi connectivity index (χ0v) is 10.4. The van der Waals surface area contributed by atoms with Crippen LogP contribution < -0.4 is 4.74 Å². The van der Waals surface area contributed by atoms with E-state index in [1.807, 2.05) is 6.92 Å². The zero-order valence-electron chi connectivity index (χ0n) is 9.62. The quantitative estimate of drug-likeness (QED) is 0.746. The SMILES string of the molecule is CCCOc1c(C(=O)OCC)c(Cl)nn1C. The van der Waals surface area contributed by atoms with Gasteiger partial charge in [0.25, 0.3) is 0 Å². The summed E-state index contributed by atoms with van der Waals surface area (Å²) in [5.74, 6) is -0.156. The molecule has 0 aliphatic carbocycles. The van der Waals surface area contributed by atoms with Crippen molar-refractivity contribution in [3.05, 3.63) is 10.7 Å². The van der Waals surface area contributed by atoms with E-state index >= 15 is 0 Å². The van der Waals surface area contributed by atoms with E-state index in [1.54, 1.807) is 14.0 Å². The van der Waals surface area contributed by atoms with Crippen molar-refractivity contribution < 1.29 is 14.3 Å². The highest BCUT2D eigenvalue weighted by molar-refractivity contribution is 6.32. The maximum atomic E-state index is 11.6. The molecule has 0 amide bonds. The molecule has 1 aromatic heterocycles. The Morgan fingerprint density at radius 3 is 2.75 bits per heavy atom. The molecule has 0 saturated carbocycles. The normalized spacial score (nSPS) is 10.2. The molecule has 16 heavy (non-hydrogen) atoms. The monoisotopic (exact) mass is 246 g/mol. The number of carbonyl (C=O) groups is 1. The van der Waals surface area contributed by atoms with E-state index in [1.165, 1.54) is 4.68 Å². The fraction of sp³-hybridized carbons (Fsp3) is 0.600. The van der Waals surface area contributed by atoms with Crippen molar-refractivity contribution in [2.45, 2.75) is 20.3 Å². The highest BCUT2D eigenvalue weighted by Gasteiger charge is 2.24. The molecule has 0 N–H and O–H groups in total. The van der Waals surface area contributed by atoms with Crippen LogP contribution in [0.4, 0.5) is 0 Å². The molecule has 0 saturated heterocycles. The number of aromatic nitrogens is 2. The number of esters is 1. The molecule has 90 valence electrons. The maximum absolute atomic E-state index is 11.6. The summed E-state index contributed by atoms with van der Waals surface area (Å²) in [6.45, 7) is 4.50. The number of hydrogen-bond donors (Lipinski definition) is 0. The van der Waals surface area contributed by atoms with Crippen molar-refractivity contribution in [1.29, 1.82) is 0 Å². The van der Waals surface area contributed by atoms with Crippen LogP contribution in [0.2, 0.25) is 5.15 Å². The van der Waals surface area contributed by atoms with Crippen molar-refractivity contribution in [3.63, 3.8) is 0 Å². The van der Waals surface area contributed by atoms with Gasteiger partial charge in [-0.05, 0) is 13.3 Å². The highest BCUT2D eigenvalue weighted by atomic mass is 35.5. The van der Waals surface area contributed by atoms with E-state index < -0.39 is 5.97 Å². The number of aryl methyl sites for hydroxylation is 1. The summed E-state index contributed by atoms with van der Waals surface area (Å²) in [6.07, 6.45) is 0.838. The number of hydrogen-bond acceptors (Lipinski definition) is 4. The van der Waals surface area contributed by atoms with Crippen LogP contribution >= 0.6 is 11.6 Å². The van der Waals surface area contributed by atoms with E-state index in [-0.39, 0.29) is 17.3 Å². The van der Waals surface area contributed by atoms with Crippen molar-refractivity contribution in [2.75, 3.05) is 13.2 Å². The lowest BCUT2D eigenvalue weighted by atomic mass is 10.3. The van der Waals surface area contributed by atoms with Gasteiger partial charge in [0.1, 0.15) is 0 Å². The molecule has 0 fully saturated rings. The Hall–Kier alpha value is -1.23. The minimum atomic E-state index is -0.508. The van der Waals surface area contributed by atoms with Crippen molar-refractivity contribution in [1.82, 2.24) is 9.78 Å². The molecule has 0 spiro atoms. The third-order valence-corrected chi connectivity index (χ3v) is 2.14. The van der Waals surface area contributed by atoms with Crippen LogP contribution in [-0.4, -0.2) is 29.0 Å². The van der Waals surface area contributed by atoms with Crippen molar-refractivity contribution in [3.8, 4) is 5.88 Å². The highest BCUT2D eigenvalue weighted by Crippen LogP contribution is 2.26. The van der Waals surface area contributed by atoms with Gasteiger partial charge in [0.05, 0.1) is 13.2 Å². The lowest BCUT2D eigenvalue weighted by molar-refractivity contribution is 0.0521. The molecule has 0 unspecified atom stereocenters. The molecule has 1 heterocycles. The minimum Gasteiger partial charge on any atom is -0.477 e. The standard InChI is InChI=1S/C10H15ClN2O3/c1-4-6-16-9-7(10(14)15-5-2)8(11)12-13(9)3/h4-6H2,1-3H3. The lowest BCUT2D eigenvalue weighted by Crippen LogP contribution is -2.09. The molecule has 0 radical (unpaired) electrons. The fourth-order valence-electron chi connectivity index (χ4n) is 1.22. The third kappa shape index (κ3) is 2.66. The van der Waals surface area contributed by atoms with Gasteiger partial charge < -0.3 is 9.47 Å². The molecule has 5 nitrogen and oxygen atoms in total. The minimum absolute atomic E-state index is 0.104.